The van der Waals surface area contributed by atoms with E-state index in [0.29, 0.717) is 23.3 Å². The Hall–Kier alpha value is -2.54. The average Bonchev–Trinajstić information content (AvgIpc) is 2.79. The van der Waals surface area contributed by atoms with E-state index in [1.807, 2.05) is 6.08 Å². The molecule has 4 unspecified atom stereocenters. The number of hydrogen-bond donors (Lipinski definition) is 0. The molecule has 2 aliphatic carbocycles. The summed E-state index contributed by atoms with van der Waals surface area (Å²) in [5.74, 6) is 2.73. The minimum atomic E-state index is -1.08. The van der Waals surface area contributed by atoms with E-state index in [1.54, 1.807) is 6.07 Å². The minimum absolute atomic E-state index is 0.00155. The molecule has 162 valence electrons. The molecule has 4 rings (SSSR count). The fourth-order valence-electron chi connectivity index (χ4n) is 5.28. The largest absolute Gasteiger partial charge is 0.203 e. The molecule has 2 saturated carbocycles. The number of halogens is 4. The molecule has 0 aromatic heterocycles. The number of aryl methyl sites for hydroxylation is 1. The first kappa shape index (κ1) is 21.7. The maximum Gasteiger partial charge on any atom is 0.174 e. The highest BCUT2D eigenvalue weighted by atomic mass is 19.2. The predicted molar refractivity (Wildman–Crippen MR) is 115 cm³/mol. The Morgan fingerprint density at radius 3 is 2.10 bits per heavy atom. The Morgan fingerprint density at radius 2 is 1.39 bits per heavy atom. The third-order valence-corrected chi connectivity index (χ3v) is 7.15. The van der Waals surface area contributed by atoms with Crippen LogP contribution in [-0.2, 0) is 0 Å². The van der Waals surface area contributed by atoms with Gasteiger partial charge < -0.3 is 0 Å². The van der Waals surface area contributed by atoms with Gasteiger partial charge >= 0.3 is 0 Å². The summed E-state index contributed by atoms with van der Waals surface area (Å²) in [5, 5.41) is 0. The topological polar surface area (TPSA) is 0 Å². The lowest BCUT2D eigenvalue weighted by Crippen LogP contribution is -2.30. The minimum Gasteiger partial charge on any atom is -0.203 e. The Bertz CT molecular complexity index is 1060. The second kappa shape index (κ2) is 8.91. The van der Waals surface area contributed by atoms with Gasteiger partial charge in [-0.15, -0.1) is 6.58 Å². The highest BCUT2D eigenvalue weighted by Crippen LogP contribution is 2.48. The fourth-order valence-corrected chi connectivity index (χ4v) is 5.28. The van der Waals surface area contributed by atoms with Crippen LogP contribution in [-0.4, -0.2) is 0 Å². The number of hydrogen-bond acceptors (Lipinski definition) is 0. The first-order valence-corrected chi connectivity index (χ1v) is 11.0. The maximum absolute atomic E-state index is 14.9. The van der Waals surface area contributed by atoms with Crippen LogP contribution in [0, 0.1) is 59.8 Å². The van der Waals surface area contributed by atoms with Crippen molar-refractivity contribution in [3.05, 3.63) is 82.4 Å². The van der Waals surface area contributed by atoms with Gasteiger partial charge in [0.05, 0.1) is 11.1 Å². The van der Waals surface area contributed by atoms with E-state index >= 15 is 0 Å². The van der Waals surface area contributed by atoms with Crippen LogP contribution in [0.5, 0.6) is 0 Å². The lowest BCUT2D eigenvalue weighted by Gasteiger charge is -2.41. The van der Waals surface area contributed by atoms with E-state index in [-0.39, 0.29) is 22.6 Å². The fraction of sp³-hybridized carbons (Fsp3) is 0.407. The van der Waals surface area contributed by atoms with Crippen LogP contribution in [0.3, 0.4) is 0 Å². The maximum atomic E-state index is 14.9. The van der Waals surface area contributed by atoms with E-state index in [9.17, 15) is 17.6 Å². The average molecular weight is 426 g/mol. The zero-order chi connectivity index (χ0) is 22.1. The highest BCUT2D eigenvalue weighted by Gasteiger charge is 2.36. The van der Waals surface area contributed by atoms with Gasteiger partial charge in [-0.05, 0) is 92.4 Å². The summed E-state index contributed by atoms with van der Waals surface area (Å²) in [6, 6.07) is 5.79. The van der Waals surface area contributed by atoms with E-state index in [4.69, 9.17) is 0 Å². The molecule has 2 aromatic carbocycles. The molecule has 0 heterocycles. The molecular weight excluding hydrogens is 400 g/mol. The summed E-state index contributed by atoms with van der Waals surface area (Å²) in [6.45, 7) is 5.37. The van der Waals surface area contributed by atoms with Gasteiger partial charge in [0.1, 0.15) is 0 Å². The van der Waals surface area contributed by atoms with Crippen LogP contribution in [0.4, 0.5) is 17.6 Å². The molecule has 0 nitrogen and oxygen atoms in total. The van der Waals surface area contributed by atoms with Crippen molar-refractivity contribution in [1.29, 1.82) is 0 Å². The molecule has 0 radical (unpaired) electrons. The van der Waals surface area contributed by atoms with Gasteiger partial charge in [0, 0.05) is 0 Å². The molecule has 0 amide bonds. The summed E-state index contributed by atoms with van der Waals surface area (Å²) in [6.07, 6.45) is 8.20. The molecule has 4 heteroatoms. The second-order valence-corrected chi connectivity index (χ2v) is 8.98. The normalized spacial score (nSPS) is 25.3. The summed E-state index contributed by atoms with van der Waals surface area (Å²) in [5.41, 5.74) is 0.236. The van der Waals surface area contributed by atoms with E-state index in [0.717, 1.165) is 38.5 Å². The van der Waals surface area contributed by atoms with E-state index in [1.165, 1.54) is 25.1 Å². The third-order valence-electron chi connectivity index (χ3n) is 7.15. The Labute approximate surface area is 181 Å². The van der Waals surface area contributed by atoms with Crippen LogP contribution < -0.4 is 0 Å². The number of fused-ring (bicyclic) bond motifs is 1. The number of benzene rings is 2. The monoisotopic (exact) mass is 426 g/mol. The second-order valence-electron chi connectivity index (χ2n) is 8.98. The summed E-state index contributed by atoms with van der Waals surface area (Å²) < 4.78 is 57.3. The molecule has 0 spiro atoms. The molecule has 4 atom stereocenters. The predicted octanol–water partition coefficient (Wildman–Crippen LogP) is 7.44. The van der Waals surface area contributed by atoms with Crippen molar-refractivity contribution < 1.29 is 17.6 Å². The van der Waals surface area contributed by atoms with Crippen molar-refractivity contribution in [3.8, 4) is 11.8 Å². The molecule has 2 fully saturated rings. The molecule has 0 saturated heterocycles. The quantitative estimate of drug-likeness (QED) is 0.266. The molecule has 2 aliphatic rings. The summed E-state index contributed by atoms with van der Waals surface area (Å²) >= 11 is 0. The summed E-state index contributed by atoms with van der Waals surface area (Å²) in [4.78, 5) is 0. The molecular formula is C27H26F4. The van der Waals surface area contributed by atoms with Crippen LogP contribution in [0.2, 0.25) is 0 Å². The van der Waals surface area contributed by atoms with Gasteiger partial charge in [-0.3, -0.25) is 0 Å². The summed E-state index contributed by atoms with van der Waals surface area (Å²) in [7, 11) is 0. The van der Waals surface area contributed by atoms with E-state index in [2.05, 4.69) is 18.4 Å². The lowest BCUT2D eigenvalue weighted by atomic mass is 9.64. The lowest BCUT2D eigenvalue weighted by molar-refractivity contribution is 0.132. The van der Waals surface area contributed by atoms with Crippen molar-refractivity contribution >= 4 is 0 Å². The van der Waals surface area contributed by atoms with Gasteiger partial charge in [0.25, 0.3) is 0 Å². The smallest absolute Gasteiger partial charge is 0.174 e. The highest BCUT2D eigenvalue weighted by molar-refractivity contribution is 5.46. The standard InChI is InChI=1S/C27H26F4/c1-3-17-5-7-21-15-22(11-10-20(21)14-17)23-13-12-19(26(30)27(23)31)9-8-18-6-4-16(2)24(28)25(18)29/h3-4,6,12-13,17,20-22H,1,5,7,10-11,14-15H2,2H3. The third kappa shape index (κ3) is 4.28. The zero-order valence-electron chi connectivity index (χ0n) is 17.7. The first-order valence-electron chi connectivity index (χ1n) is 11.0. The van der Waals surface area contributed by atoms with E-state index < -0.39 is 23.3 Å². The molecule has 0 aliphatic heterocycles. The molecule has 0 bridgehead atoms. The van der Waals surface area contributed by atoms with Crippen molar-refractivity contribution in [2.24, 2.45) is 17.8 Å². The van der Waals surface area contributed by atoms with Crippen LogP contribution >= 0.6 is 0 Å². The molecule has 0 N–H and O–H groups in total. The first-order chi connectivity index (χ1) is 14.9. The number of rotatable bonds is 2. The van der Waals surface area contributed by atoms with Gasteiger partial charge in [-0.25, -0.2) is 17.6 Å². The van der Waals surface area contributed by atoms with Crippen molar-refractivity contribution in [3.63, 3.8) is 0 Å². The van der Waals surface area contributed by atoms with Crippen molar-refractivity contribution in [2.75, 3.05) is 0 Å². The molecule has 31 heavy (non-hydrogen) atoms. The Kier molecular flexibility index (Phi) is 6.23. The SMILES string of the molecule is C=CC1CCC2CC(c3ccc(C#Cc4ccc(C)c(F)c4F)c(F)c3F)CCC2C1. The molecule has 2 aromatic rings. The Morgan fingerprint density at radius 1 is 0.774 bits per heavy atom. The van der Waals surface area contributed by atoms with Gasteiger partial charge in [0.2, 0.25) is 0 Å². The van der Waals surface area contributed by atoms with Gasteiger partial charge in [-0.1, -0.05) is 30.0 Å². The van der Waals surface area contributed by atoms with Gasteiger partial charge in [0.15, 0.2) is 23.3 Å². The van der Waals surface area contributed by atoms with Crippen LogP contribution in [0.25, 0.3) is 0 Å². The van der Waals surface area contributed by atoms with Crippen LogP contribution in [0.15, 0.2) is 36.9 Å². The van der Waals surface area contributed by atoms with Crippen molar-refractivity contribution in [2.45, 2.75) is 51.4 Å². The zero-order valence-corrected chi connectivity index (χ0v) is 17.7. The Balaban J connectivity index is 1.54. The number of allylic oxidation sites excluding steroid dienone is 1. The van der Waals surface area contributed by atoms with Crippen molar-refractivity contribution in [1.82, 2.24) is 0 Å². The van der Waals surface area contributed by atoms with Crippen LogP contribution in [0.1, 0.15) is 66.7 Å². The van der Waals surface area contributed by atoms with Gasteiger partial charge in [-0.2, -0.15) is 0 Å².